The molecule has 0 aliphatic carbocycles. The van der Waals surface area contributed by atoms with Crippen molar-refractivity contribution in [3.8, 4) is 17.1 Å². The Hall–Kier alpha value is -2.05. The number of hydrogen-bond donors (Lipinski definition) is 0. The lowest BCUT2D eigenvalue weighted by atomic mass is 10.1. The number of thioether (sulfide) groups is 1. The van der Waals surface area contributed by atoms with Crippen LogP contribution in [-0.2, 0) is 0 Å². The van der Waals surface area contributed by atoms with Crippen LogP contribution >= 0.6 is 24.0 Å². The summed E-state index contributed by atoms with van der Waals surface area (Å²) < 4.78 is 11.2. The Bertz CT molecular complexity index is 795. The van der Waals surface area contributed by atoms with Gasteiger partial charge >= 0.3 is 0 Å². The van der Waals surface area contributed by atoms with Crippen LogP contribution < -0.4 is 4.74 Å². The van der Waals surface area contributed by atoms with Gasteiger partial charge in [-0.1, -0.05) is 24.4 Å². The molecule has 1 aliphatic heterocycles. The number of rotatable bonds is 4. The van der Waals surface area contributed by atoms with Crippen LogP contribution in [-0.4, -0.2) is 28.8 Å². The van der Waals surface area contributed by atoms with Crippen LogP contribution in [0, 0.1) is 0 Å². The molecule has 1 saturated heterocycles. The maximum atomic E-state index is 11.8. The van der Waals surface area contributed by atoms with Gasteiger partial charge < -0.3 is 9.15 Å². The number of nitrogens with zero attached hydrogens (tertiary/aromatic N) is 1. The molecule has 1 aromatic carbocycles. The summed E-state index contributed by atoms with van der Waals surface area (Å²) >= 11 is 6.47. The number of carbonyl (C=O) groups excluding carboxylic acids is 1. The second-order valence-electron chi connectivity index (χ2n) is 4.83. The third-order valence-electron chi connectivity index (χ3n) is 3.46. The molecule has 2 aromatic rings. The first kappa shape index (κ1) is 15.8. The van der Waals surface area contributed by atoms with Crippen LogP contribution in [0.4, 0.5) is 4.79 Å². The summed E-state index contributed by atoms with van der Waals surface area (Å²) in [4.78, 5) is 14.7. The lowest BCUT2D eigenvalue weighted by Gasteiger charge is -2.09. The highest BCUT2D eigenvalue weighted by atomic mass is 32.2. The molecule has 1 aromatic heterocycles. The molecule has 23 heavy (non-hydrogen) atoms. The van der Waals surface area contributed by atoms with E-state index in [1.807, 2.05) is 43.3 Å². The largest absolute Gasteiger partial charge is 0.496 e. The Morgan fingerprint density at radius 2 is 2.09 bits per heavy atom. The Kier molecular flexibility index (Phi) is 4.54. The number of benzene rings is 1. The number of furan rings is 1. The van der Waals surface area contributed by atoms with Crippen molar-refractivity contribution in [1.29, 1.82) is 0 Å². The highest BCUT2D eigenvalue weighted by molar-refractivity contribution is 8.19. The van der Waals surface area contributed by atoms with Gasteiger partial charge in [0.15, 0.2) is 0 Å². The maximum absolute atomic E-state index is 11.8. The van der Waals surface area contributed by atoms with Gasteiger partial charge in [-0.05, 0) is 49.0 Å². The number of likely N-dealkylation sites (N-methyl/N-ethyl adjacent to an activating group) is 1. The van der Waals surface area contributed by atoms with E-state index in [4.69, 9.17) is 21.4 Å². The first-order chi connectivity index (χ1) is 11.1. The zero-order valence-electron chi connectivity index (χ0n) is 12.7. The molecule has 0 atom stereocenters. The van der Waals surface area contributed by atoms with Gasteiger partial charge in [-0.3, -0.25) is 9.69 Å². The Morgan fingerprint density at radius 3 is 2.78 bits per heavy atom. The average Bonchev–Trinajstić information content (AvgIpc) is 3.12. The summed E-state index contributed by atoms with van der Waals surface area (Å²) in [6.07, 6.45) is 1.81. The van der Waals surface area contributed by atoms with E-state index in [1.54, 1.807) is 18.1 Å². The monoisotopic (exact) mass is 345 g/mol. The third-order valence-corrected chi connectivity index (χ3v) is 4.96. The van der Waals surface area contributed by atoms with Crippen LogP contribution in [0.1, 0.15) is 12.7 Å². The molecule has 1 amide bonds. The topological polar surface area (TPSA) is 42.7 Å². The molecular weight excluding hydrogens is 330 g/mol. The molecule has 0 unspecified atom stereocenters. The highest BCUT2D eigenvalue weighted by Crippen LogP contribution is 2.35. The standard InChI is InChI=1S/C17H15NO3S2/c1-3-18-16(22)15(23-17(18)19)10-11-8-9-14(21-11)12-6-4-5-7-13(12)20-2/h4-10H,3H2,1-2H3/b15-10-. The Labute approximate surface area is 144 Å². The van der Waals surface area contributed by atoms with E-state index >= 15 is 0 Å². The van der Waals surface area contributed by atoms with E-state index in [9.17, 15) is 4.79 Å². The molecule has 6 heteroatoms. The molecule has 0 radical (unpaired) electrons. The number of para-hydroxylation sites is 1. The van der Waals surface area contributed by atoms with Gasteiger partial charge in [0.2, 0.25) is 0 Å². The number of hydrogen-bond acceptors (Lipinski definition) is 5. The van der Waals surface area contributed by atoms with Crippen molar-refractivity contribution in [3.05, 3.63) is 47.1 Å². The summed E-state index contributed by atoms with van der Waals surface area (Å²) in [5, 5.41) is -0.0414. The van der Waals surface area contributed by atoms with E-state index in [-0.39, 0.29) is 5.24 Å². The number of thiocarbonyl (C=S) groups is 1. The van der Waals surface area contributed by atoms with Crippen LogP contribution in [0.5, 0.6) is 5.75 Å². The normalized spacial score (nSPS) is 16.4. The van der Waals surface area contributed by atoms with E-state index in [0.717, 1.165) is 28.0 Å². The quantitative estimate of drug-likeness (QED) is 0.587. The van der Waals surface area contributed by atoms with Gasteiger partial charge in [-0.2, -0.15) is 0 Å². The fourth-order valence-electron chi connectivity index (χ4n) is 2.33. The molecule has 1 fully saturated rings. The minimum atomic E-state index is -0.0414. The lowest BCUT2D eigenvalue weighted by Crippen LogP contribution is -2.26. The highest BCUT2D eigenvalue weighted by Gasteiger charge is 2.30. The third kappa shape index (κ3) is 3.04. The first-order valence-electron chi connectivity index (χ1n) is 7.12. The number of ether oxygens (including phenoxy) is 1. The Morgan fingerprint density at radius 1 is 1.30 bits per heavy atom. The van der Waals surface area contributed by atoms with Crippen LogP contribution in [0.3, 0.4) is 0 Å². The second-order valence-corrected chi connectivity index (χ2v) is 6.21. The van der Waals surface area contributed by atoms with Crippen molar-refractivity contribution >= 4 is 40.3 Å². The molecule has 0 bridgehead atoms. The Balaban J connectivity index is 1.90. The summed E-state index contributed by atoms with van der Waals surface area (Å²) in [7, 11) is 1.63. The van der Waals surface area contributed by atoms with Crippen molar-refractivity contribution in [2.75, 3.05) is 13.7 Å². The van der Waals surface area contributed by atoms with Gasteiger partial charge in [-0.15, -0.1) is 0 Å². The molecule has 0 N–H and O–H groups in total. The SMILES string of the molecule is CCN1C(=O)S/C(=C\c2ccc(-c3ccccc3OC)o2)C1=S. The van der Waals surface area contributed by atoms with Crippen molar-refractivity contribution in [3.63, 3.8) is 0 Å². The van der Waals surface area contributed by atoms with Gasteiger partial charge in [0.1, 0.15) is 22.3 Å². The van der Waals surface area contributed by atoms with Crippen molar-refractivity contribution in [2.24, 2.45) is 0 Å². The minimum absolute atomic E-state index is 0.0414. The fourth-order valence-corrected chi connectivity index (χ4v) is 3.67. The lowest BCUT2D eigenvalue weighted by molar-refractivity contribution is 0.247. The zero-order chi connectivity index (χ0) is 16.4. The number of carbonyl (C=O) groups is 1. The molecule has 0 spiro atoms. The minimum Gasteiger partial charge on any atom is -0.496 e. The van der Waals surface area contributed by atoms with Crippen molar-refractivity contribution < 1.29 is 13.9 Å². The molecule has 118 valence electrons. The molecule has 1 aliphatic rings. The van der Waals surface area contributed by atoms with Crippen molar-refractivity contribution in [2.45, 2.75) is 6.92 Å². The molecule has 4 nitrogen and oxygen atoms in total. The van der Waals surface area contributed by atoms with Gasteiger partial charge in [0.05, 0.1) is 17.6 Å². The van der Waals surface area contributed by atoms with E-state index in [2.05, 4.69) is 0 Å². The smallest absolute Gasteiger partial charge is 0.291 e. The summed E-state index contributed by atoms with van der Waals surface area (Å²) in [6, 6.07) is 11.4. The predicted molar refractivity (Wildman–Crippen MR) is 96.6 cm³/mol. The maximum Gasteiger partial charge on any atom is 0.291 e. The predicted octanol–water partition coefficient (Wildman–Crippen LogP) is 4.81. The molecular formula is C17H15NO3S2. The number of methoxy groups -OCH3 is 1. The summed E-state index contributed by atoms with van der Waals surface area (Å²) in [5.74, 6) is 2.11. The summed E-state index contributed by atoms with van der Waals surface area (Å²) in [6.45, 7) is 2.48. The van der Waals surface area contributed by atoms with Crippen LogP contribution in [0.15, 0.2) is 45.7 Å². The van der Waals surface area contributed by atoms with Gasteiger partial charge in [0, 0.05) is 6.54 Å². The van der Waals surface area contributed by atoms with Crippen LogP contribution in [0.25, 0.3) is 17.4 Å². The second kappa shape index (κ2) is 6.60. The van der Waals surface area contributed by atoms with E-state index < -0.39 is 0 Å². The molecule has 3 rings (SSSR count). The number of amides is 1. The van der Waals surface area contributed by atoms with Crippen LogP contribution in [0.2, 0.25) is 0 Å². The van der Waals surface area contributed by atoms with Gasteiger partial charge in [-0.25, -0.2) is 0 Å². The first-order valence-corrected chi connectivity index (χ1v) is 8.35. The average molecular weight is 345 g/mol. The van der Waals surface area contributed by atoms with Crippen molar-refractivity contribution in [1.82, 2.24) is 4.90 Å². The fraction of sp³-hybridized carbons (Fsp3) is 0.176. The van der Waals surface area contributed by atoms with E-state index in [0.29, 0.717) is 23.1 Å². The van der Waals surface area contributed by atoms with Gasteiger partial charge in [0.25, 0.3) is 5.24 Å². The molecule has 2 heterocycles. The molecule has 0 saturated carbocycles. The zero-order valence-corrected chi connectivity index (χ0v) is 14.4. The summed E-state index contributed by atoms with van der Waals surface area (Å²) in [5.41, 5.74) is 0.882. The van der Waals surface area contributed by atoms with E-state index in [1.165, 1.54) is 0 Å².